The Balaban J connectivity index is 1.52. The largest absolute Gasteiger partial charge is 0.450 e. The van der Waals surface area contributed by atoms with E-state index in [1.165, 1.54) is 11.1 Å². The molecule has 0 bridgehead atoms. The molecule has 0 radical (unpaired) electrons. The van der Waals surface area contributed by atoms with Crippen LogP contribution < -0.4 is 5.32 Å². The Kier molecular flexibility index (Phi) is 6.47. The molecule has 2 amide bonds. The van der Waals surface area contributed by atoms with E-state index in [4.69, 9.17) is 4.74 Å². The Morgan fingerprint density at radius 3 is 2.50 bits per heavy atom. The molecule has 7 heteroatoms. The molecule has 1 fully saturated rings. The second-order valence-electron chi connectivity index (χ2n) is 6.75. The molecule has 1 aliphatic rings. The molecule has 1 aliphatic heterocycles. The van der Waals surface area contributed by atoms with Crippen molar-refractivity contribution in [2.75, 3.05) is 38.1 Å². The molecule has 0 aliphatic carbocycles. The number of carbonyl (C=O) groups excluding carboxylic acids is 2. The summed E-state index contributed by atoms with van der Waals surface area (Å²) in [4.78, 5) is 32.1. The summed E-state index contributed by atoms with van der Waals surface area (Å²) in [6.07, 6.45) is 1.28. The number of hydrogen-bond donors (Lipinski definition) is 1. The van der Waals surface area contributed by atoms with Crippen molar-refractivity contribution in [2.24, 2.45) is 0 Å². The van der Waals surface area contributed by atoms with Gasteiger partial charge in [-0.1, -0.05) is 29.8 Å². The van der Waals surface area contributed by atoms with E-state index in [1.807, 2.05) is 12.1 Å². The molecule has 0 spiro atoms. The summed E-state index contributed by atoms with van der Waals surface area (Å²) in [5, 5.41) is 3.27. The Labute approximate surface area is 165 Å². The van der Waals surface area contributed by atoms with Crippen LogP contribution in [-0.2, 0) is 11.3 Å². The highest BCUT2D eigenvalue weighted by molar-refractivity contribution is 5.94. The van der Waals surface area contributed by atoms with Gasteiger partial charge < -0.3 is 19.9 Å². The predicted octanol–water partition coefficient (Wildman–Crippen LogP) is 2.92. The van der Waals surface area contributed by atoms with Crippen LogP contribution in [0.15, 0.2) is 42.6 Å². The first-order valence-electron chi connectivity index (χ1n) is 9.53. The number of hydrogen-bond acceptors (Lipinski definition) is 5. The third kappa shape index (κ3) is 5.00. The second-order valence-corrected chi connectivity index (χ2v) is 6.75. The minimum atomic E-state index is -0.319. The number of carbonyl (C=O) groups is 2. The molecule has 2 aromatic rings. The molecule has 1 saturated heterocycles. The van der Waals surface area contributed by atoms with Crippen LogP contribution in [0.1, 0.15) is 28.4 Å². The molecule has 0 atom stereocenters. The van der Waals surface area contributed by atoms with E-state index in [0.717, 1.165) is 5.82 Å². The lowest BCUT2D eigenvalue weighted by atomic mass is 10.1. The Morgan fingerprint density at radius 1 is 1.11 bits per heavy atom. The Bertz CT molecular complexity index is 815. The summed E-state index contributed by atoms with van der Waals surface area (Å²) in [5.41, 5.74) is 2.95. The zero-order valence-electron chi connectivity index (χ0n) is 16.4. The van der Waals surface area contributed by atoms with Crippen molar-refractivity contribution in [3.63, 3.8) is 0 Å². The lowest BCUT2D eigenvalue weighted by Gasteiger charge is -2.34. The maximum atomic E-state index is 12.7. The SMILES string of the molecule is CCOC(=O)N1CCN(C(=O)c2ccc(NCc3cccc(C)c3)nc2)CC1. The number of nitrogens with one attached hydrogen (secondary N) is 1. The quantitative estimate of drug-likeness (QED) is 0.861. The Morgan fingerprint density at radius 2 is 1.86 bits per heavy atom. The van der Waals surface area contributed by atoms with Crippen LogP contribution in [0.25, 0.3) is 0 Å². The normalized spacial score (nSPS) is 13.9. The monoisotopic (exact) mass is 382 g/mol. The van der Waals surface area contributed by atoms with Crippen molar-refractivity contribution in [1.29, 1.82) is 0 Å². The molecule has 0 saturated carbocycles. The van der Waals surface area contributed by atoms with Gasteiger partial charge in [0, 0.05) is 38.9 Å². The van der Waals surface area contributed by atoms with Gasteiger partial charge in [-0.15, -0.1) is 0 Å². The van der Waals surface area contributed by atoms with E-state index in [2.05, 4.69) is 35.4 Å². The predicted molar refractivity (Wildman–Crippen MR) is 107 cm³/mol. The van der Waals surface area contributed by atoms with Gasteiger partial charge in [-0.2, -0.15) is 0 Å². The maximum Gasteiger partial charge on any atom is 0.409 e. The molecule has 1 aromatic heterocycles. The summed E-state index contributed by atoms with van der Waals surface area (Å²) in [7, 11) is 0. The van der Waals surface area contributed by atoms with Gasteiger partial charge in [-0.3, -0.25) is 4.79 Å². The molecule has 148 valence electrons. The van der Waals surface area contributed by atoms with Crippen LogP contribution in [0.2, 0.25) is 0 Å². The van der Waals surface area contributed by atoms with Crippen molar-refractivity contribution < 1.29 is 14.3 Å². The molecule has 7 nitrogen and oxygen atoms in total. The van der Waals surface area contributed by atoms with Gasteiger partial charge in [0.1, 0.15) is 5.82 Å². The van der Waals surface area contributed by atoms with Gasteiger partial charge in [0.15, 0.2) is 0 Å². The summed E-state index contributed by atoms with van der Waals surface area (Å²) in [5.74, 6) is 0.659. The topological polar surface area (TPSA) is 74.8 Å². The average molecular weight is 382 g/mol. The molecular weight excluding hydrogens is 356 g/mol. The number of pyridine rings is 1. The summed E-state index contributed by atoms with van der Waals surface area (Å²) in [6.45, 7) is 6.82. The zero-order chi connectivity index (χ0) is 19.9. The van der Waals surface area contributed by atoms with Crippen molar-refractivity contribution in [3.8, 4) is 0 Å². The van der Waals surface area contributed by atoms with Gasteiger partial charge in [-0.05, 0) is 31.5 Å². The lowest BCUT2D eigenvalue weighted by Crippen LogP contribution is -2.50. The third-order valence-corrected chi connectivity index (χ3v) is 4.66. The van der Waals surface area contributed by atoms with E-state index < -0.39 is 0 Å². The molecule has 28 heavy (non-hydrogen) atoms. The number of benzene rings is 1. The fourth-order valence-corrected chi connectivity index (χ4v) is 3.13. The Hall–Kier alpha value is -3.09. The van der Waals surface area contributed by atoms with Crippen LogP contribution in [0.4, 0.5) is 10.6 Å². The van der Waals surface area contributed by atoms with Crippen molar-refractivity contribution in [2.45, 2.75) is 20.4 Å². The first-order chi connectivity index (χ1) is 13.6. The van der Waals surface area contributed by atoms with Crippen LogP contribution in [0.5, 0.6) is 0 Å². The van der Waals surface area contributed by atoms with Gasteiger partial charge in [0.05, 0.1) is 12.2 Å². The average Bonchev–Trinajstić information content (AvgIpc) is 2.72. The number of ether oxygens (including phenoxy) is 1. The molecule has 2 heterocycles. The van der Waals surface area contributed by atoms with E-state index >= 15 is 0 Å². The van der Waals surface area contributed by atoms with Gasteiger partial charge in [-0.25, -0.2) is 9.78 Å². The smallest absolute Gasteiger partial charge is 0.409 e. The zero-order valence-corrected chi connectivity index (χ0v) is 16.4. The first-order valence-corrected chi connectivity index (χ1v) is 9.53. The summed E-state index contributed by atoms with van der Waals surface area (Å²) >= 11 is 0. The van der Waals surface area contributed by atoms with Gasteiger partial charge in [0.25, 0.3) is 5.91 Å². The summed E-state index contributed by atoms with van der Waals surface area (Å²) in [6, 6.07) is 11.9. The van der Waals surface area contributed by atoms with Gasteiger partial charge in [0.2, 0.25) is 0 Å². The fourth-order valence-electron chi connectivity index (χ4n) is 3.13. The van der Waals surface area contributed by atoms with Crippen LogP contribution >= 0.6 is 0 Å². The minimum absolute atomic E-state index is 0.0683. The van der Waals surface area contributed by atoms with E-state index in [0.29, 0.717) is 44.9 Å². The minimum Gasteiger partial charge on any atom is -0.450 e. The number of piperazine rings is 1. The first kappa shape index (κ1) is 19.7. The standard InChI is InChI=1S/C21H26N4O3/c1-3-28-21(27)25-11-9-24(10-12-25)20(26)18-7-8-19(23-15-18)22-14-17-6-4-5-16(2)13-17/h4-8,13,15H,3,9-12,14H2,1-2H3,(H,22,23). The van der Waals surface area contributed by atoms with Crippen LogP contribution in [0, 0.1) is 6.92 Å². The molecular formula is C21H26N4O3. The van der Waals surface area contributed by atoms with E-state index in [9.17, 15) is 9.59 Å². The van der Waals surface area contributed by atoms with E-state index in [-0.39, 0.29) is 12.0 Å². The van der Waals surface area contributed by atoms with Crippen LogP contribution in [0.3, 0.4) is 0 Å². The third-order valence-electron chi connectivity index (χ3n) is 4.66. The van der Waals surface area contributed by atoms with Gasteiger partial charge >= 0.3 is 6.09 Å². The number of anilines is 1. The van der Waals surface area contributed by atoms with E-state index in [1.54, 1.807) is 29.0 Å². The molecule has 0 unspecified atom stereocenters. The molecule has 3 rings (SSSR count). The highest BCUT2D eigenvalue weighted by Crippen LogP contribution is 2.12. The van der Waals surface area contributed by atoms with Crippen molar-refractivity contribution in [3.05, 3.63) is 59.3 Å². The maximum absolute atomic E-state index is 12.7. The molecule has 1 N–H and O–H groups in total. The van der Waals surface area contributed by atoms with Crippen molar-refractivity contribution in [1.82, 2.24) is 14.8 Å². The highest BCUT2D eigenvalue weighted by Gasteiger charge is 2.25. The lowest BCUT2D eigenvalue weighted by molar-refractivity contribution is 0.0570. The number of rotatable bonds is 5. The number of nitrogens with zero attached hydrogens (tertiary/aromatic N) is 3. The molecule has 1 aromatic carbocycles. The number of amides is 2. The fraction of sp³-hybridized carbons (Fsp3) is 0.381. The van der Waals surface area contributed by atoms with Crippen LogP contribution in [-0.4, -0.2) is 59.6 Å². The highest BCUT2D eigenvalue weighted by atomic mass is 16.6. The number of aromatic nitrogens is 1. The van der Waals surface area contributed by atoms with Crippen molar-refractivity contribution >= 4 is 17.8 Å². The second kappa shape index (κ2) is 9.21. The summed E-state index contributed by atoms with van der Waals surface area (Å²) < 4.78 is 5.00. The number of aryl methyl sites for hydroxylation is 1.